The third-order valence-electron chi connectivity index (χ3n) is 3.28. The van der Waals surface area contributed by atoms with Gasteiger partial charge in [0.05, 0.1) is 19.6 Å². The van der Waals surface area contributed by atoms with E-state index in [-0.39, 0.29) is 12.1 Å². The molecule has 0 aromatic carbocycles. The van der Waals surface area contributed by atoms with E-state index in [1.54, 1.807) is 0 Å². The van der Waals surface area contributed by atoms with Crippen molar-refractivity contribution in [3.05, 3.63) is 21.4 Å². The number of hydrogen-bond acceptors (Lipinski definition) is 4. The molecule has 1 atom stereocenters. The van der Waals surface area contributed by atoms with Gasteiger partial charge in [0.15, 0.2) is 0 Å². The predicted molar refractivity (Wildman–Crippen MR) is 72.0 cm³/mol. The lowest BCUT2D eigenvalue weighted by Gasteiger charge is -2.22. The minimum Gasteiger partial charge on any atom is -0.469 e. The van der Waals surface area contributed by atoms with Crippen LogP contribution < -0.4 is 0 Å². The first-order valence-corrected chi connectivity index (χ1v) is 7.36. The molecule has 0 bridgehead atoms. The number of hydrogen-bond donors (Lipinski definition) is 0. The lowest BCUT2D eigenvalue weighted by Crippen LogP contribution is -2.10. The van der Waals surface area contributed by atoms with Crippen molar-refractivity contribution in [1.29, 1.82) is 0 Å². The molecule has 4 heteroatoms. The molecule has 1 aromatic rings. The summed E-state index contributed by atoms with van der Waals surface area (Å²) in [4.78, 5) is 13.9. The third kappa shape index (κ3) is 3.12. The Morgan fingerprint density at radius 2 is 2.39 bits per heavy atom. The fourth-order valence-electron chi connectivity index (χ4n) is 2.40. The molecular weight excluding hydrogens is 248 g/mol. The van der Waals surface area contributed by atoms with Crippen LogP contribution in [0, 0.1) is 0 Å². The van der Waals surface area contributed by atoms with Gasteiger partial charge in [0.1, 0.15) is 0 Å². The maximum atomic E-state index is 11.2. The molecular formula is C14H20O3S. The molecule has 0 aliphatic heterocycles. The summed E-state index contributed by atoms with van der Waals surface area (Å²) in [5.41, 5.74) is 1.35. The minimum atomic E-state index is -0.136. The van der Waals surface area contributed by atoms with Crippen LogP contribution in [-0.4, -0.2) is 19.7 Å². The van der Waals surface area contributed by atoms with Gasteiger partial charge in [-0.3, -0.25) is 4.79 Å². The first-order valence-electron chi connectivity index (χ1n) is 6.54. The standard InChI is InChI=1S/C14H20O3S/c1-3-17-12-5-4-6-13-11(12)9-10(18-13)7-8-14(15)16-2/h9,12H,3-8H2,1-2H3. The van der Waals surface area contributed by atoms with Crippen LogP contribution in [0.3, 0.4) is 0 Å². The molecule has 2 rings (SSSR count). The zero-order valence-corrected chi connectivity index (χ0v) is 11.8. The Bertz CT molecular complexity index is 411. The summed E-state index contributed by atoms with van der Waals surface area (Å²) in [5.74, 6) is -0.136. The molecule has 0 N–H and O–H groups in total. The predicted octanol–water partition coefficient (Wildman–Crippen LogP) is 3.27. The van der Waals surface area contributed by atoms with E-state index in [2.05, 4.69) is 10.8 Å². The van der Waals surface area contributed by atoms with Crippen molar-refractivity contribution in [2.75, 3.05) is 13.7 Å². The smallest absolute Gasteiger partial charge is 0.305 e. The highest BCUT2D eigenvalue weighted by molar-refractivity contribution is 7.12. The lowest BCUT2D eigenvalue weighted by atomic mass is 9.96. The Morgan fingerprint density at radius 1 is 1.56 bits per heavy atom. The lowest BCUT2D eigenvalue weighted by molar-refractivity contribution is -0.140. The molecule has 0 spiro atoms. The van der Waals surface area contributed by atoms with Crippen molar-refractivity contribution < 1.29 is 14.3 Å². The number of esters is 1. The number of methoxy groups -OCH3 is 1. The van der Waals surface area contributed by atoms with Crippen LogP contribution in [0.25, 0.3) is 0 Å². The molecule has 3 nitrogen and oxygen atoms in total. The SMILES string of the molecule is CCOC1CCCc2sc(CCC(=O)OC)cc21. The van der Waals surface area contributed by atoms with Gasteiger partial charge in [-0.15, -0.1) is 11.3 Å². The highest BCUT2D eigenvalue weighted by atomic mass is 32.1. The molecule has 1 unspecified atom stereocenters. The van der Waals surface area contributed by atoms with Crippen molar-refractivity contribution in [3.63, 3.8) is 0 Å². The van der Waals surface area contributed by atoms with Crippen molar-refractivity contribution >= 4 is 17.3 Å². The maximum absolute atomic E-state index is 11.2. The number of aryl methyl sites for hydroxylation is 2. The van der Waals surface area contributed by atoms with Gasteiger partial charge in [0.2, 0.25) is 0 Å². The molecule has 1 aliphatic rings. The highest BCUT2D eigenvalue weighted by Gasteiger charge is 2.23. The molecule has 18 heavy (non-hydrogen) atoms. The van der Waals surface area contributed by atoms with Crippen LogP contribution in [0.1, 0.15) is 47.6 Å². The molecule has 1 heterocycles. The van der Waals surface area contributed by atoms with Crippen LogP contribution in [0.15, 0.2) is 6.07 Å². The fraction of sp³-hybridized carbons (Fsp3) is 0.643. The Morgan fingerprint density at radius 3 is 3.11 bits per heavy atom. The summed E-state index contributed by atoms with van der Waals surface area (Å²) in [6.45, 7) is 2.80. The van der Waals surface area contributed by atoms with Gasteiger partial charge in [-0.05, 0) is 44.2 Å². The normalized spacial score (nSPS) is 18.4. The van der Waals surface area contributed by atoms with E-state index >= 15 is 0 Å². The summed E-state index contributed by atoms with van der Waals surface area (Å²) < 4.78 is 10.5. The first kappa shape index (κ1) is 13.6. The largest absolute Gasteiger partial charge is 0.469 e. The summed E-state index contributed by atoms with van der Waals surface area (Å²) >= 11 is 1.83. The minimum absolute atomic E-state index is 0.136. The van der Waals surface area contributed by atoms with Crippen LogP contribution in [-0.2, 0) is 27.1 Å². The van der Waals surface area contributed by atoms with Gasteiger partial charge in [-0.1, -0.05) is 0 Å². The number of thiophene rings is 1. The molecule has 0 saturated heterocycles. The topological polar surface area (TPSA) is 35.5 Å². The highest BCUT2D eigenvalue weighted by Crippen LogP contribution is 2.38. The van der Waals surface area contributed by atoms with E-state index in [1.165, 1.54) is 28.8 Å². The molecule has 0 saturated carbocycles. The molecule has 0 fully saturated rings. The van der Waals surface area contributed by atoms with Crippen LogP contribution in [0.4, 0.5) is 0 Å². The average molecular weight is 268 g/mol. The van der Waals surface area contributed by atoms with E-state index < -0.39 is 0 Å². The van der Waals surface area contributed by atoms with E-state index in [0.717, 1.165) is 25.9 Å². The van der Waals surface area contributed by atoms with Crippen LogP contribution in [0.2, 0.25) is 0 Å². The quantitative estimate of drug-likeness (QED) is 0.769. The first-order chi connectivity index (χ1) is 8.74. The Hall–Kier alpha value is -0.870. The molecule has 1 aromatic heterocycles. The fourth-order valence-corrected chi connectivity index (χ4v) is 3.66. The number of ether oxygens (including phenoxy) is 2. The average Bonchev–Trinajstić information content (AvgIpc) is 2.80. The molecule has 0 amide bonds. The summed E-state index contributed by atoms with van der Waals surface area (Å²) in [5, 5.41) is 0. The number of carbonyl (C=O) groups is 1. The van der Waals surface area contributed by atoms with Gasteiger partial charge in [0.25, 0.3) is 0 Å². The van der Waals surface area contributed by atoms with E-state index in [0.29, 0.717) is 6.42 Å². The zero-order chi connectivity index (χ0) is 13.0. The molecule has 1 aliphatic carbocycles. The second-order valence-electron chi connectivity index (χ2n) is 4.50. The van der Waals surface area contributed by atoms with Gasteiger partial charge in [0, 0.05) is 16.4 Å². The zero-order valence-electron chi connectivity index (χ0n) is 11.0. The van der Waals surface area contributed by atoms with E-state index in [4.69, 9.17) is 4.74 Å². The molecule has 0 radical (unpaired) electrons. The summed E-state index contributed by atoms with van der Waals surface area (Å²) in [7, 11) is 1.44. The van der Waals surface area contributed by atoms with Crippen LogP contribution >= 0.6 is 11.3 Å². The van der Waals surface area contributed by atoms with Gasteiger partial charge < -0.3 is 9.47 Å². The number of rotatable bonds is 5. The molecule has 100 valence electrons. The van der Waals surface area contributed by atoms with E-state index in [9.17, 15) is 4.79 Å². The second-order valence-corrected chi connectivity index (χ2v) is 5.72. The summed E-state index contributed by atoms with van der Waals surface area (Å²) in [6.07, 6.45) is 4.99. The second kappa shape index (κ2) is 6.34. The van der Waals surface area contributed by atoms with Crippen molar-refractivity contribution in [1.82, 2.24) is 0 Å². The van der Waals surface area contributed by atoms with E-state index in [1.807, 2.05) is 18.3 Å². The van der Waals surface area contributed by atoms with Crippen molar-refractivity contribution in [2.45, 2.75) is 45.1 Å². The number of carbonyl (C=O) groups excluding carboxylic acids is 1. The van der Waals surface area contributed by atoms with Crippen molar-refractivity contribution in [3.8, 4) is 0 Å². The Kier molecular flexibility index (Phi) is 4.78. The maximum Gasteiger partial charge on any atom is 0.305 e. The van der Waals surface area contributed by atoms with Crippen molar-refractivity contribution in [2.24, 2.45) is 0 Å². The van der Waals surface area contributed by atoms with Crippen LogP contribution in [0.5, 0.6) is 0 Å². The van der Waals surface area contributed by atoms with Gasteiger partial charge >= 0.3 is 5.97 Å². The number of fused-ring (bicyclic) bond motifs is 1. The third-order valence-corrected chi connectivity index (χ3v) is 4.55. The van der Waals surface area contributed by atoms with Gasteiger partial charge in [-0.25, -0.2) is 0 Å². The Balaban J connectivity index is 2.04. The Labute approximate surface area is 112 Å². The monoisotopic (exact) mass is 268 g/mol. The summed E-state index contributed by atoms with van der Waals surface area (Å²) in [6, 6.07) is 2.22. The van der Waals surface area contributed by atoms with Gasteiger partial charge in [-0.2, -0.15) is 0 Å².